The largest absolute Gasteiger partial charge is 0.381 e. The lowest BCUT2D eigenvalue weighted by Crippen LogP contribution is -2.96. The molecule has 17 heteroatoms. The summed E-state index contributed by atoms with van der Waals surface area (Å²) in [7, 11) is 0. The molecule has 3 rings (SSSR count). The second kappa shape index (κ2) is 6.57. The molecule has 0 aromatic rings. The third-order valence-corrected chi connectivity index (χ3v) is 7.21. The lowest BCUT2D eigenvalue weighted by molar-refractivity contribution is -0.567. The van der Waals surface area contributed by atoms with E-state index in [-0.39, 0.29) is 19.3 Å². The molecule has 0 aliphatic heterocycles. The van der Waals surface area contributed by atoms with Crippen molar-refractivity contribution in [2.75, 3.05) is 0 Å². The van der Waals surface area contributed by atoms with E-state index in [9.17, 15) is 70.2 Å². The molecule has 0 nitrogen and oxygen atoms in total. The Morgan fingerprint density at radius 3 is 1.00 bits per heavy atom. The standard InChI is InChI=1S/C17H13F17/c18-9-8(6-7-4-2-1-3-5-7,10(19,20)14(27,28)16(31,32)12(9,23)24)11(21,22)15(29,30)17(33,34)13(9,25)26/h7H,1-6H2. The summed E-state index contributed by atoms with van der Waals surface area (Å²) >= 11 is 0. The van der Waals surface area contributed by atoms with Crippen molar-refractivity contribution in [1.82, 2.24) is 0 Å². The van der Waals surface area contributed by atoms with Crippen molar-refractivity contribution in [2.24, 2.45) is 11.3 Å². The number of hydrogen-bond acceptors (Lipinski definition) is 0. The van der Waals surface area contributed by atoms with Crippen LogP contribution in [0.5, 0.6) is 0 Å². The number of halogens is 17. The minimum atomic E-state index is -8.10. The van der Waals surface area contributed by atoms with E-state index >= 15 is 4.39 Å². The highest BCUT2D eigenvalue weighted by Gasteiger charge is 3.13. The van der Waals surface area contributed by atoms with Crippen molar-refractivity contribution in [3.8, 4) is 0 Å². The molecule has 0 saturated heterocycles. The van der Waals surface area contributed by atoms with Crippen molar-refractivity contribution in [3.63, 3.8) is 0 Å². The van der Waals surface area contributed by atoms with E-state index in [2.05, 4.69) is 0 Å². The second-order valence-corrected chi connectivity index (χ2v) is 8.87. The Balaban J connectivity index is 2.59. The first kappa shape index (κ1) is 27.4. The van der Waals surface area contributed by atoms with Crippen molar-refractivity contribution >= 4 is 0 Å². The van der Waals surface area contributed by atoms with E-state index in [0.717, 1.165) is 0 Å². The van der Waals surface area contributed by atoms with E-state index in [0.29, 0.717) is 0 Å². The average molecular weight is 540 g/mol. The summed E-state index contributed by atoms with van der Waals surface area (Å²) in [6.45, 7) is 0. The summed E-state index contributed by atoms with van der Waals surface area (Å²) in [6.07, 6.45) is -4.85. The van der Waals surface area contributed by atoms with E-state index in [1.165, 1.54) is 0 Å². The first-order valence-corrected chi connectivity index (χ1v) is 9.54. The van der Waals surface area contributed by atoms with Crippen molar-refractivity contribution < 1.29 is 74.6 Å². The molecule has 0 bridgehead atoms. The van der Waals surface area contributed by atoms with Crippen LogP contribution in [0.15, 0.2) is 0 Å². The summed E-state index contributed by atoms with van der Waals surface area (Å²) in [5.74, 6) is -65.6. The molecule has 3 aliphatic carbocycles. The predicted octanol–water partition coefficient (Wildman–Crippen LogP) is 7.76. The highest BCUT2D eigenvalue weighted by atomic mass is 19.4. The Morgan fingerprint density at radius 1 is 0.382 bits per heavy atom. The predicted molar refractivity (Wildman–Crippen MR) is 77.0 cm³/mol. The normalized spacial score (nSPS) is 40.9. The molecule has 0 atom stereocenters. The molecule has 0 aromatic carbocycles. The van der Waals surface area contributed by atoms with Crippen LogP contribution in [-0.2, 0) is 0 Å². The van der Waals surface area contributed by atoms with Gasteiger partial charge in [0.25, 0.3) is 5.67 Å². The molecule has 0 amide bonds. The zero-order chi connectivity index (χ0) is 26.8. The van der Waals surface area contributed by atoms with Gasteiger partial charge in [0.2, 0.25) is 0 Å². The Hall–Kier alpha value is -1.19. The van der Waals surface area contributed by atoms with Gasteiger partial charge in [0.1, 0.15) is 0 Å². The van der Waals surface area contributed by atoms with Gasteiger partial charge in [-0.3, -0.25) is 0 Å². The van der Waals surface area contributed by atoms with Crippen LogP contribution in [0, 0.1) is 11.3 Å². The van der Waals surface area contributed by atoms with Gasteiger partial charge in [-0.15, -0.1) is 0 Å². The van der Waals surface area contributed by atoms with Crippen molar-refractivity contribution in [2.45, 2.75) is 91.6 Å². The van der Waals surface area contributed by atoms with Crippen LogP contribution >= 0.6 is 0 Å². The Bertz CT molecular complexity index is 783. The molecule has 3 saturated carbocycles. The highest BCUT2D eigenvalue weighted by molar-refractivity contribution is 5.40. The smallest absolute Gasteiger partial charge is 0.229 e. The molecule has 3 aliphatic rings. The number of fused-ring (bicyclic) bond motifs is 1. The van der Waals surface area contributed by atoms with Gasteiger partial charge in [-0.1, -0.05) is 32.1 Å². The first-order valence-electron chi connectivity index (χ1n) is 9.54. The van der Waals surface area contributed by atoms with Gasteiger partial charge in [-0.25, -0.2) is 4.39 Å². The molecule has 0 radical (unpaired) electrons. The zero-order valence-corrected chi connectivity index (χ0v) is 16.2. The van der Waals surface area contributed by atoms with Crippen LogP contribution in [0.1, 0.15) is 38.5 Å². The Morgan fingerprint density at radius 2 is 0.676 bits per heavy atom. The van der Waals surface area contributed by atoms with Gasteiger partial charge in [0.05, 0.1) is 0 Å². The van der Waals surface area contributed by atoms with Crippen LogP contribution in [-0.4, -0.2) is 53.0 Å². The van der Waals surface area contributed by atoms with Gasteiger partial charge in [-0.2, -0.15) is 70.2 Å². The monoisotopic (exact) mass is 540 g/mol. The molecular weight excluding hydrogens is 527 g/mol. The van der Waals surface area contributed by atoms with Crippen LogP contribution in [0.4, 0.5) is 74.6 Å². The fraction of sp³-hybridized carbons (Fsp3) is 1.00. The third-order valence-electron chi connectivity index (χ3n) is 7.21. The maximum Gasteiger partial charge on any atom is 0.381 e. The summed E-state index contributed by atoms with van der Waals surface area (Å²) in [4.78, 5) is 0. The van der Waals surface area contributed by atoms with Gasteiger partial charge in [-0.05, 0) is 12.3 Å². The van der Waals surface area contributed by atoms with Crippen LogP contribution < -0.4 is 0 Å². The second-order valence-electron chi connectivity index (χ2n) is 8.87. The van der Waals surface area contributed by atoms with Gasteiger partial charge in [0, 0.05) is 0 Å². The van der Waals surface area contributed by atoms with Crippen molar-refractivity contribution in [3.05, 3.63) is 0 Å². The average Bonchev–Trinajstić information content (AvgIpc) is 2.69. The topological polar surface area (TPSA) is 0 Å². The minimum Gasteiger partial charge on any atom is -0.229 e. The number of rotatable bonds is 2. The van der Waals surface area contributed by atoms with Gasteiger partial charge >= 0.3 is 47.4 Å². The van der Waals surface area contributed by atoms with Crippen molar-refractivity contribution in [1.29, 1.82) is 0 Å². The van der Waals surface area contributed by atoms with Crippen LogP contribution in [0.3, 0.4) is 0 Å². The third kappa shape index (κ3) is 2.23. The van der Waals surface area contributed by atoms with E-state index in [1.807, 2.05) is 0 Å². The SMILES string of the molecule is FC1(F)C(F)(F)C(F)(F)C2(CC3CCCCC3)C(F)(F)C(F)(F)C(F)(F)C(F)(F)C2(F)C1(F)F. The fourth-order valence-electron chi connectivity index (χ4n) is 5.34. The number of alkyl halides is 17. The fourth-order valence-corrected chi connectivity index (χ4v) is 5.34. The molecule has 34 heavy (non-hydrogen) atoms. The molecule has 0 aromatic heterocycles. The maximum atomic E-state index is 15.6. The van der Waals surface area contributed by atoms with Crippen LogP contribution in [0.25, 0.3) is 0 Å². The van der Waals surface area contributed by atoms with Gasteiger partial charge in [0.15, 0.2) is 5.41 Å². The molecular formula is C17H13F17. The maximum absolute atomic E-state index is 15.6. The van der Waals surface area contributed by atoms with Crippen LogP contribution in [0.2, 0.25) is 0 Å². The van der Waals surface area contributed by atoms with Gasteiger partial charge < -0.3 is 0 Å². The summed E-state index contributed by atoms with van der Waals surface area (Å²) < 4.78 is 244. The van der Waals surface area contributed by atoms with E-state index in [1.54, 1.807) is 0 Å². The molecule has 0 unspecified atom stereocenters. The summed E-state index contributed by atoms with van der Waals surface area (Å²) in [6, 6.07) is 0. The quantitative estimate of drug-likeness (QED) is 0.314. The Kier molecular flexibility index (Phi) is 5.29. The molecule has 3 fully saturated rings. The number of hydrogen-bond donors (Lipinski definition) is 0. The molecule has 0 spiro atoms. The summed E-state index contributed by atoms with van der Waals surface area (Å²) in [5.41, 5.74) is -15.0. The lowest BCUT2D eigenvalue weighted by Gasteiger charge is -2.67. The zero-order valence-electron chi connectivity index (χ0n) is 16.2. The molecule has 0 heterocycles. The van der Waals surface area contributed by atoms with E-state index in [4.69, 9.17) is 0 Å². The molecule has 200 valence electrons. The lowest BCUT2D eigenvalue weighted by atomic mass is 9.45. The first-order chi connectivity index (χ1) is 14.8. The summed E-state index contributed by atoms with van der Waals surface area (Å²) in [5, 5.41) is 0. The molecule has 0 N–H and O–H groups in total. The minimum absolute atomic E-state index is 0.145. The Labute approximate surface area is 178 Å². The highest BCUT2D eigenvalue weighted by Crippen LogP contribution is 2.84. The van der Waals surface area contributed by atoms with E-state index < -0.39 is 83.6 Å².